The average Bonchev–Trinajstić information content (AvgIpc) is 3.33. The summed E-state index contributed by atoms with van der Waals surface area (Å²) >= 11 is 0. The van der Waals surface area contributed by atoms with E-state index in [2.05, 4.69) is 10.6 Å². The van der Waals surface area contributed by atoms with Crippen LogP contribution in [0.5, 0.6) is 5.75 Å². The molecule has 1 aliphatic rings. The molecule has 0 aliphatic carbocycles. The zero-order valence-corrected chi connectivity index (χ0v) is 22.7. The van der Waals surface area contributed by atoms with Crippen LogP contribution in [-0.2, 0) is 17.8 Å². The van der Waals surface area contributed by atoms with Gasteiger partial charge in [0.2, 0.25) is 5.91 Å². The Morgan fingerprint density at radius 1 is 1.02 bits per heavy atom. The normalized spacial score (nSPS) is 14.8. The fourth-order valence-electron chi connectivity index (χ4n) is 4.75. The molecule has 0 aromatic heterocycles. The zero-order chi connectivity index (χ0) is 28.6. The van der Waals surface area contributed by atoms with Crippen LogP contribution in [-0.4, -0.2) is 48.3 Å². The highest BCUT2D eigenvalue weighted by molar-refractivity contribution is 5.99. The van der Waals surface area contributed by atoms with Gasteiger partial charge in [-0.25, -0.2) is 8.78 Å². The van der Waals surface area contributed by atoms with E-state index in [1.807, 2.05) is 44.2 Å². The van der Waals surface area contributed by atoms with Crippen LogP contribution in [0.1, 0.15) is 48.2 Å². The first-order chi connectivity index (χ1) is 19.2. The van der Waals surface area contributed by atoms with E-state index in [1.165, 1.54) is 12.1 Å². The third-order valence-electron chi connectivity index (χ3n) is 6.59. The van der Waals surface area contributed by atoms with Gasteiger partial charge in [-0.15, -0.1) is 0 Å². The molecule has 0 saturated carbocycles. The number of anilines is 1. The molecule has 1 aliphatic heterocycles. The summed E-state index contributed by atoms with van der Waals surface area (Å²) in [5.41, 5.74) is 2.22. The number of carbonyl (C=O) groups excluding carboxylic acids is 2. The number of halogens is 2. The van der Waals surface area contributed by atoms with Crippen molar-refractivity contribution in [2.24, 2.45) is 0 Å². The lowest BCUT2D eigenvalue weighted by atomic mass is 10.00. The molecule has 3 aromatic rings. The van der Waals surface area contributed by atoms with E-state index in [0.29, 0.717) is 42.0 Å². The van der Waals surface area contributed by atoms with Crippen molar-refractivity contribution < 1.29 is 28.2 Å². The number of hydrogen-bond donors (Lipinski definition) is 3. The molecule has 9 heteroatoms. The molecule has 212 valence electrons. The van der Waals surface area contributed by atoms with Gasteiger partial charge in [0.05, 0.1) is 18.2 Å². The first-order valence-corrected chi connectivity index (χ1v) is 13.5. The number of benzene rings is 3. The first kappa shape index (κ1) is 29.2. The molecule has 2 amide bonds. The standard InChI is InChI=1S/C31H35F2N3O4/c1-20(2)40-27-15-23(14-26(17-27)36-10-6-9-30(36)38)31(39)35-28(13-21-7-4-3-5-8-21)29(37)19-34-18-22-11-24(32)16-25(33)12-22/h3-5,7-8,11-12,14-17,20,28-29,34,37H,6,9-10,13,18-19H2,1-2H3,(H,35,39)/t28-,29-/m0/s1. The van der Waals surface area contributed by atoms with E-state index in [4.69, 9.17) is 4.74 Å². The monoisotopic (exact) mass is 551 g/mol. The highest BCUT2D eigenvalue weighted by Gasteiger charge is 2.26. The molecule has 4 rings (SSSR count). The summed E-state index contributed by atoms with van der Waals surface area (Å²) in [5.74, 6) is -1.30. The fraction of sp³-hybridized carbons (Fsp3) is 0.355. The summed E-state index contributed by atoms with van der Waals surface area (Å²) in [6.45, 7) is 4.54. The molecule has 0 spiro atoms. The van der Waals surface area contributed by atoms with Crippen LogP contribution in [0.3, 0.4) is 0 Å². The van der Waals surface area contributed by atoms with Gasteiger partial charge in [-0.3, -0.25) is 9.59 Å². The van der Waals surface area contributed by atoms with Crippen molar-refractivity contribution >= 4 is 17.5 Å². The summed E-state index contributed by atoms with van der Waals surface area (Å²) in [4.78, 5) is 27.6. The lowest BCUT2D eigenvalue weighted by Crippen LogP contribution is -2.48. The van der Waals surface area contributed by atoms with Crippen LogP contribution >= 0.6 is 0 Å². The molecule has 40 heavy (non-hydrogen) atoms. The number of aliphatic hydroxyl groups excluding tert-OH is 1. The number of hydrogen-bond acceptors (Lipinski definition) is 5. The molecular formula is C31H35F2N3O4. The summed E-state index contributed by atoms with van der Waals surface area (Å²) in [6.07, 6.45) is 0.403. The maximum atomic E-state index is 13.5. The molecule has 1 saturated heterocycles. The van der Waals surface area contributed by atoms with Crippen molar-refractivity contribution in [1.82, 2.24) is 10.6 Å². The van der Waals surface area contributed by atoms with E-state index in [1.54, 1.807) is 23.1 Å². The number of rotatable bonds is 12. The highest BCUT2D eigenvalue weighted by Crippen LogP contribution is 2.28. The van der Waals surface area contributed by atoms with E-state index < -0.39 is 29.7 Å². The van der Waals surface area contributed by atoms with Crippen molar-refractivity contribution in [3.8, 4) is 5.75 Å². The molecule has 3 aromatic carbocycles. The predicted octanol–water partition coefficient (Wildman–Crippen LogP) is 4.37. The quantitative estimate of drug-likeness (QED) is 0.311. The van der Waals surface area contributed by atoms with Gasteiger partial charge < -0.3 is 25.4 Å². The van der Waals surface area contributed by atoms with Crippen LogP contribution in [0.2, 0.25) is 0 Å². The van der Waals surface area contributed by atoms with Crippen molar-refractivity contribution in [1.29, 1.82) is 0 Å². The predicted molar refractivity (Wildman–Crippen MR) is 149 cm³/mol. The Morgan fingerprint density at radius 2 is 1.75 bits per heavy atom. The molecule has 0 radical (unpaired) electrons. The number of nitrogens with one attached hydrogen (secondary N) is 2. The molecule has 1 heterocycles. The van der Waals surface area contributed by atoms with Crippen molar-refractivity contribution in [3.05, 3.63) is 95.1 Å². The van der Waals surface area contributed by atoms with Gasteiger partial charge in [0.15, 0.2) is 0 Å². The topological polar surface area (TPSA) is 90.9 Å². The van der Waals surface area contributed by atoms with Crippen molar-refractivity contribution in [3.63, 3.8) is 0 Å². The minimum absolute atomic E-state index is 0.00492. The van der Waals surface area contributed by atoms with Gasteiger partial charge in [-0.2, -0.15) is 0 Å². The van der Waals surface area contributed by atoms with E-state index in [9.17, 15) is 23.5 Å². The molecule has 2 atom stereocenters. The third-order valence-corrected chi connectivity index (χ3v) is 6.59. The maximum absolute atomic E-state index is 13.5. The summed E-state index contributed by atoms with van der Waals surface area (Å²) < 4.78 is 33.0. The third kappa shape index (κ3) is 8.09. The Kier molecular flexibility index (Phi) is 9.84. The second-order valence-electron chi connectivity index (χ2n) is 10.3. The van der Waals surface area contributed by atoms with Crippen molar-refractivity contribution in [2.75, 3.05) is 18.0 Å². The molecule has 0 bridgehead atoms. The summed E-state index contributed by atoms with van der Waals surface area (Å²) in [7, 11) is 0. The van der Waals surface area contributed by atoms with Crippen molar-refractivity contribution in [2.45, 2.75) is 57.9 Å². The second-order valence-corrected chi connectivity index (χ2v) is 10.3. The Bertz CT molecular complexity index is 1300. The molecule has 3 N–H and O–H groups in total. The van der Waals surface area contributed by atoms with E-state index in [-0.39, 0.29) is 25.1 Å². The number of ether oxygens (including phenoxy) is 1. The molecule has 1 fully saturated rings. The Balaban J connectivity index is 1.52. The van der Waals surface area contributed by atoms with Gasteiger partial charge in [0, 0.05) is 49.4 Å². The molecule has 7 nitrogen and oxygen atoms in total. The molecular weight excluding hydrogens is 516 g/mol. The minimum Gasteiger partial charge on any atom is -0.491 e. The van der Waals surface area contributed by atoms with Crippen LogP contribution < -0.4 is 20.3 Å². The van der Waals surface area contributed by atoms with E-state index in [0.717, 1.165) is 18.1 Å². The van der Waals surface area contributed by atoms with E-state index >= 15 is 0 Å². The van der Waals surface area contributed by atoms with Gasteiger partial charge in [-0.05, 0) is 62.1 Å². The summed E-state index contributed by atoms with van der Waals surface area (Å²) in [6, 6.07) is 17.1. The van der Waals surface area contributed by atoms with Gasteiger partial charge >= 0.3 is 0 Å². The van der Waals surface area contributed by atoms with Crippen LogP contribution in [0, 0.1) is 11.6 Å². The number of carbonyl (C=O) groups is 2. The average molecular weight is 552 g/mol. The Hall–Kier alpha value is -3.82. The lowest BCUT2D eigenvalue weighted by Gasteiger charge is -2.26. The number of aliphatic hydroxyl groups is 1. The first-order valence-electron chi connectivity index (χ1n) is 13.5. The van der Waals surface area contributed by atoms with Gasteiger partial charge in [0.25, 0.3) is 5.91 Å². The Labute approximate surface area is 233 Å². The van der Waals surface area contributed by atoms with Crippen LogP contribution in [0.4, 0.5) is 14.5 Å². The maximum Gasteiger partial charge on any atom is 0.251 e. The fourth-order valence-corrected chi connectivity index (χ4v) is 4.75. The second kappa shape index (κ2) is 13.5. The Morgan fingerprint density at radius 3 is 2.40 bits per heavy atom. The van der Waals surface area contributed by atoms with Crippen LogP contribution in [0.25, 0.3) is 0 Å². The zero-order valence-electron chi connectivity index (χ0n) is 22.7. The molecule has 0 unspecified atom stereocenters. The lowest BCUT2D eigenvalue weighted by molar-refractivity contribution is -0.117. The largest absolute Gasteiger partial charge is 0.491 e. The number of amides is 2. The van der Waals surface area contributed by atoms with Gasteiger partial charge in [0.1, 0.15) is 17.4 Å². The summed E-state index contributed by atoms with van der Waals surface area (Å²) in [5, 5.41) is 17.1. The smallest absolute Gasteiger partial charge is 0.251 e. The highest BCUT2D eigenvalue weighted by atomic mass is 19.1. The minimum atomic E-state index is -1.02. The van der Waals surface area contributed by atoms with Crippen LogP contribution in [0.15, 0.2) is 66.7 Å². The van der Waals surface area contributed by atoms with Gasteiger partial charge in [-0.1, -0.05) is 30.3 Å². The SMILES string of the molecule is CC(C)Oc1cc(C(=O)N[C@@H](Cc2ccccc2)[C@@H](O)CNCc2cc(F)cc(F)c2)cc(N2CCCC2=O)c1. The number of nitrogens with zero attached hydrogens (tertiary/aromatic N) is 1.